The van der Waals surface area contributed by atoms with Crippen molar-refractivity contribution >= 4 is 5.91 Å². The number of nitrogens with zero attached hydrogens (tertiary/aromatic N) is 1. The maximum Gasteiger partial charge on any atom is 0.251 e. The van der Waals surface area contributed by atoms with Gasteiger partial charge in [0.2, 0.25) is 0 Å². The van der Waals surface area contributed by atoms with Crippen LogP contribution >= 0.6 is 0 Å². The van der Waals surface area contributed by atoms with Crippen LogP contribution in [0, 0.1) is 13.8 Å². The van der Waals surface area contributed by atoms with E-state index >= 15 is 0 Å². The first-order chi connectivity index (χ1) is 10.1. The summed E-state index contributed by atoms with van der Waals surface area (Å²) in [6.45, 7) is 4.08. The molecule has 4 nitrogen and oxygen atoms in total. The van der Waals surface area contributed by atoms with Gasteiger partial charge in [0.15, 0.2) is 0 Å². The van der Waals surface area contributed by atoms with E-state index in [-0.39, 0.29) is 5.91 Å². The first kappa shape index (κ1) is 13.9. The van der Waals surface area contributed by atoms with Gasteiger partial charge >= 0.3 is 0 Å². The molecule has 0 atom stereocenters. The molecule has 1 aliphatic carbocycles. The van der Waals surface area contributed by atoms with Gasteiger partial charge in [-0.05, 0) is 62.8 Å². The number of aromatic amines is 1. The Hall–Kier alpha value is -2.10. The first-order valence-electron chi connectivity index (χ1n) is 7.53. The number of rotatable bonds is 5. The van der Waals surface area contributed by atoms with Crippen LogP contribution in [0.5, 0.6) is 0 Å². The van der Waals surface area contributed by atoms with E-state index in [4.69, 9.17) is 0 Å². The average molecular weight is 283 g/mol. The van der Waals surface area contributed by atoms with Crippen molar-refractivity contribution in [3.05, 3.63) is 52.3 Å². The van der Waals surface area contributed by atoms with Gasteiger partial charge in [0.25, 0.3) is 5.91 Å². The van der Waals surface area contributed by atoms with Gasteiger partial charge in [-0.3, -0.25) is 9.89 Å². The molecular weight excluding hydrogens is 262 g/mol. The standard InChI is InChI=1S/C17H21N3O/c1-11-16(12(2)20-19-11)9-6-13-4-3-5-14(10-13)17(21)18-15-7-8-15/h3-5,10,15H,6-9H2,1-2H3,(H,18,21)(H,19,20). The Morgan fingerprint density at radius 1 is 1.33 bits per heavy atom. The highest BCUT2D eigenvalue weighted by atomic mass is 16.1. The third-order valence-electron chi connectivity index (χ3n) is 4.05. The third kappa shape index (κ3) is 3.32. The number of aryl methyl sites for hydroxylation is 3. The molecule has 110 valence electrons. The van der Waals surface area contributed by atoms with E-state index in [0.29, 0.717) is 6.04 Å². The number of hydrogen-bond acceptors (Lipinski definition) is 2. The highest BCUT2D eigenvalue weighted by molar-refractivity contribution is 5.94. The lowest BCUT2D eigenvalue weighted by atomic mass is 10.0. The summed E-state index contributed by atoms with van der Waals surface area (Å²) in [5, 5.41) is 10.3. The van der Waals surface area contributed by atoms with Crippen LogP contribution in [0.1, 0.15) is 45.7 Å². The SMILES string of the molecule is Cc1n[nH]c(C)c1CCc1cccc(C(=O)NC2CC2)c1. The number of H-pyrrole nitrogens is 1. The Morgan fingerprint density at radius 2 is 2.14 bits per heavy atom. The van der Waals surface area contributed by atoms with Gasteiger partial charge in [-0.1, -0.05) is 12.1 Å². The molecule has 0 aliphatic heterocycles. The largest absolute Gasteiger partial charge is 0.349 e. The van der Waals surface area contributed by atoms with E-state index in [1.807, 2.05) is 25.1 Å². The molecule has 21 heavy (non-hydrogen) atoms. The summed E-state index contributed by atoms with van der Waals surface area (Å²) in [6, 6.07) is 8.33. The monoisotopic (exact) mass is 283 g/mol. The third-order valence-corrected chi connectivity index (χ3v) is 4.05. The number of carbonyl (C=O) groups is 1. The highest BCUT2D eigenvalue weighted by Gasteiger charge is 2.23. The minimum atomic E-state index is 0.0509. The summed E-state index contributed by atoms with van der Waals surface area (Å²) in [5.74, 6) is 0.0509. The van der Waals surface area contributed by atoms with Gasteiger partial charge in [-0.2, -0.15) is 5.10 Å². The topological polar surface area (TPSA) is 57.8 Å². The van der Waals surface area contributed by atoms with Crippen LogP contribution in [0.25, 0.3) is 0 Å². The molecular formula is C17H21N3O. The summed E-state index contributed by atoms with van der Waals surface area (Å²) in [5.41, 5.74) is 5.44. The summed E-state index contributed by atoms with van der Waals surface area (Å²) in [4.78, 5) is 12.1. The first-order valence-corrected chi connectivity index (χ1v) is 7.53. The quantitative estimate of drug-likeness (QED) is 0.886. The van der Waals surface area contributed by atoms with Crippen LogP contribution in [-0.2, 0) is 12.8 Å². The summed E-state index contributed by atoms with van der Waals surface area (Å²) in [7, 11) is 0. The number of aromatic nitrogens is 2. The van der Waals surface area contributed by atoms with Crippen LogP contribution in [0.15, 0.2) is 24.3 Å². The second kappa shape index (κ2) is 5.72. The number of amides is 1. The molecule has 1 saturated carbocycles. The second-order valence-electron chi connectivity index (χ2n) is 5.86. The molecule has 1 fully saturated rings. The molecule has 0 saturated heterocycles. The lowest BCUT2D eigenvalue weighted by Gasteiger charge is -2.06. The van der Waals surface area contributed by atoms with Crippen molar-refractivity contribution in [2.75, 3.05) is 0 Å². The number of hydrogen-bond donors (Lipinski definition) is 2. The smallest absolute Gasteiger partial charge is 0.251 e. The van der Waals surface area contributed by atoms with E-state index in [2.05, 4.69) is 28.5 Å². The fourth-order valence-electron chi connectivity index (χ4n) is 2.58. The van der Waals surface area contributed by atoms with Crippen LogP contribution in [0.2, 0.25) is 0 Å². The van der Waals surface area contributed by atoms with E-state index in [1.165, 1.54) is 11.1 Å². The Bertz CT molecular complexity index is 636. The van der Waals surface area contributed by atoms with Gasteiger partial charge in [0, 0.05) is 17.3 Å². The van der Waals surface area contributed by atoms with Gasteiger partial charge in [-0.15, -0.1) is 0 Å². The summed E-state index contributed by atoms with van der Waals surface area (Å²) in [6.07, 6.45) is 4.10. The number of carbonyl (C=O) groups excluding carboxylic acids is 1. The van der Waals surface area contributed by atoms with E-state index in [9.17, 15) is 4.79 Å². The van der Waals surface area contributed by atoms with E-state index < -0.39 is 0 Å². The molecule has 4 heteroatoms. The van der Waals surface area contributed by atoms with Gasteiger partial charge < -0.3 is 5.32 Å². The summed E-state index contributed by atoms with van der Waals surface area (Å²) >= 11 is 0. The lowest BCUT2D eigenvalue weighted by Crippen LogP contribution is -2.25. The molecule has 2 N–H and O–H groups in total. The van der Waals surface area contributed by atoms with Crippen molar-refractivity contribution in [1.29, 1.82) is 0 Å². The fourth-order valence-corrected chi connectivity index (χ4v) is 2.58. The molecule has 1 aliphatic rings. The minimum absolute atomic E-state index is 0.0509. The molecule has 0 spiro atoms. The lowest BCUT2D eigenvalue weighted by molar-refractivity contribution is 0.0951. The van der Waals surface area contributed by atoms with Crippen LogP contribution in [-0.4, -0.2) is 22.1 Å². The Balaban J connectivity index is 1.66. The van der Waals surface area contributed by atoms with Crippen LogP contribution in [0.3, 0.4) is 0 Å². The Labute approximate surface area is 125 Å². The van der Waals surface area contributed by atoms with Crippen molar-refractivity contribution < 1.29 is 4.79 Å². The number of nitrogens with one attached hydrogen (secondary N) is 2. The molecule has 2 aromatic rings. The molecule has 3 rings (SSSR count). The second-order valence-corrected chi connectivity index (χ2v) is 5.86. The zero-order valence-electron chi connectivity index (χ0n) is 12.6. The Kier molecular flexibility index (Phi) is 3.78. The van der Waals surface area contributed by atoms with Gasteiger partial charge in [-0.25, -0.2) is 0 Å². The van der Waals surface area contributed by atoms with E-state index in [1.54, 1.807) is 0 Å². The maximum atomic E-state index is 12.1. The number of benzene rings is 1. The normalized spacial score (nSPS) is 14.2. The molecule has 0 unspecified atom stereocenters. The molecule has 1 heterocycles. The Morgan fingerprint density at radius 3 is 2.81 bits per heavy atom. The molecule has 0 bridgehead atoms. The maximum absolute atomic E-state index is 12.1. The predicted molar refractivity (Wildman–Crippen MR) is 82.4 cm³/mol. The zero-order valence-corrected chi connectivity index (χ0v) is 12.6. The molecule has 1 amide bonds. The van der Waals surface area contributed by atoms with Crippen molar-refractivity contribution in [3.63, 3.8) is 0 Å². The van der Waals surface area contributed by atoms with Crippen molar-refractivity contribution in [3.8, 4) is 0 Å². The zero-order chi connectivity index (χ0) is 14.8. The van der Waals surface area contributed by atoms with Crippen LogP contribution in [0.4, 0.5) is 0 Å². The minimum Gasteiger partial charge on any atom is -0.349 e. The highest BCUT2D eigenvalue weighted by Crippen LogP contribution is 2.20. The van der Waals surface area contributed by atoms with E-state index in [0.717, 1.165) is 42.6 Å². The summed E-state index contributed by atoms with van der Waals surface area (Å²) < 4.78 is 0. The van der Waals surface area contributed by atoms with Crippen molar-refractivity contribution in [2.24, 2.45) is 0 Å². The van der Waals surface area contributed by atoms with Gasteiger partial charge in [0.1, 0.15) is 0 Å². The van der Waals surface area contributed by atoms with Gasteiger partial charge in [0.05, 0.1) is 5.69 Å². The fraction of sp³-hybridized carbons (Fsp3) is 0.412. The predicted octanol–water partition coefficient (Wildman–Crippen LogP) is 2.70. The molecule has 0 radical (unpaired) electrons. The average Bonchev–Trinajstić information content (AvgIpc) is 3.23. The molecule has 1 aromatic heterocycles. The van der Waals surface area contributed by atoms with Crippen molar-refractivity contribution in [1.82, 2.24) is 15.5 Å². The molecule has 1 aromatic carbocycles. The van der Waals surface area contributed by atoms with Crippen molar-refractivity contribution in [2.45, 2.75) is 45.6 Å². The van der Waals surface area contributed by atoms with Crippen LogP contribution < -0.4 is 5.32 Å².